The van der Waals surface area contributed by atoms with Gasteiger partial charge in [-0.15, -0.1) is 0 Å². The van der Waals surface area contributed by atoms with Crippen molar-refractivity contribution in [2.24, 2.45) is 44.6 Å². The van der Waals surface area contributed by atoms with E-state index in [2.05, 4.69) is 15.3 Å². The number of rotatable bonds is 21. The molecule has 0 bridgehead atoms. The van der Waals surface area contributed by atoms with Gasteiger partial charge in [0.05, 0.1) is 12.1 Å². The molecule has 0 fully saturated rings. The Morgan fingerprint density at radius 3 is 1.81 bits per heavy atom. The summed E-state index contributed by atoms with van der Waals surface area (Å²) in [5.74, 6) is -1.37. The van der Waals surface area contributed by atoms with E-state index < -0.39 is 18.0 Å². The number of nitrogens with one attached hydrogen (secondary N) is 1. The Hall–Kier alpha value is -5.03. The van der Waals surface area contributed by atoms with Gasteiger partial charge in [-0.1, -0.05) is 91.3 Å². The zero-order valence-electron chi connectivity index (χ0n) is 27.6. The van der Waals surface area contributed by atoms with E-state index in [4.69, 9.17) is 28.7 Å². The van der Waals surface area contributed by atoms with Crippen LogP contribution in [0.5, 0.6) is 0 Å². The third-order valence-corrected chi connectivity index (χ3v) is 8.12. The summed E-state index contributed by atoms with van der Waals surface area (Å²) in [5, 5.41) is 2.98. The first kappa shape index (κ1) is 37.4. The molecular weight excluding hydrogens is 604 g/mol. The number of carbonyl (C=O) groups excluding carboxylic acids is 3. The molecule has 3 atom stereocenters. The van der Waals surface area contributed by atoms with E-state index in [-0.39, 0.29) is 35.8 Å². The minimum absolute atomic E-state index is 0.0424. The average Bonchev–Trinajstić information content (AvgIpc) is 3.08. The standard InChI is InChI=1S/C37H50N8O3/c38-31(23-27-17-19-29(20-18-27)28-13-6-2-7-14-28)34(47)25-30(15-10-22-44-37(41)42)35(48)45-32(24-26-11-4-1-5-12-26)33(46)16-8-3-9-21-43-36(39)40/h1-2,4-7,11-14,17-20,30-32H,3,8-10,15-16,21-25,38H2,(H,45,48)(H4,39,40,43)(H4,41,42,44)/t30-,31+,32+/m1/s1. The summed E-state index contributed by atoms with van der Waals surface area (Å²) < 4.78 is 0. The lowest BCUT2D eigenvalue weighted by atomic mass is 9.90. The van der Waals surface area contributed by atoms with E-state index in [0.29, 0.717) is 51.6 Å². The highest BCUT2D eigenvalue weighted by atomic mass is 16.2. The smallest absolute Gasteiger partial charge is 0.224 e. The molecule has 0 saturated carbocycles. The lowest BCUT2D eigenvalue weighted by Crippen LogP contribution is -2.46. The lowest BCUT2D eigenvalue weighted by molar-refractivity contribution is -0.133. The van der Waals surface area contributed by atoms with Crippen molar-refractivity contribution in [3.63, 3.8) is 0 Å². The van der Waals surface area contributed by atoms with E-state index >= 15 is 0 Å². The number of hydrogen-bond acceptors (Lipinski definition) is 6. The summed E-state index contributed by atoms with van der Waals surface area (Å²) in [7, 11) is 0. The average molecular weight is 655 g/mol. The van der Waals surface area contributed by atoms with Crippen molar-refractivity contribution in [3.8, 4) is 11.1 Å². The van der Waals surface area contributed by atoms with Crippen LogP contribution in [0.4, 0.5) is 0 Å². The number of ketones is 2. The molecular formula is C37H50N8O3. The largest absolute Gasteiger partial charge is 0.370 e. The van der Waals surface area contributed by atoms with E-state index in [1.807, 2.05) is 84.9 Å². The van der Waals surface area contributed by atoms with Crippen LogP contribution in [-0.4, -0.2) is 54.6 Å². The second-order valence-corrected chi connectivity index (χ2v) is 12.0. The molecule has 0 spiro atoms. The van der Waals surface area contributed by atoms with Crippen molar-refractivity contribution in [1.82, 2.24) is 5.32 Å². The number of unbranched alkanes of at least 4 members (excludes halogenated alkanes) is 2. The normalized spacial score (nSPS) is 12.7. The van der Waals surface area contributed by atoms with E-state index in [1.165, 1.54) is 0 Å². The molecule has 11 nitrogen and oxygen atoms in total. The van der Waals surface area contributed by atoms with E-state index in [0.717, 1.165) is 35.1 Å². The Kier molecular flexibility index (Phi) is 15.8. The van der Waals surface area contributed by atoms with Gasteiger partial charge in [-0.2, -0.15) is 0 Å². The Balaban J connectivity index is 1.67. The van der Waals surface area contributed by atoms with Crippen LogP contribution in [0.3, 0.4) is 0 Å². The first-order valence-electron chi connectivity index (χ1n) is 16.5. The highest BCUT2D eigenvalue weighted by Gasteiger charge is 2.28. The molecule has 0 aliphatic carbocycles. The van der Waals surface area contributed by atoms with Crippen LogP contribution in [0, 0.1) is 5.92 Å². The third-order valence-electron chi connectivity index (χ3n) is 8.12. The number of nitrogens with two attached hydrogens (primary N) is 5. The second-order valence-electron chi connectivity index (χ2n) is 12.0. The minimum Gasteiger partial charge on any atom is -0.370 e. The molecule has 0 radical (unpaired) electrons. The van der Waals surface area contributed by atoms with Crippen LogP contribution in [0.1, 0.15) is 56.1 Å². The van der Waals surface area contributed by atoms with Gasteiger partial charge in [0.25, 0.3) is 0 Å². The molecule has 0 heterocycles. The molecule has 3 aromatic carbocycles. The highest BCUT2D eigenvalue weighted by molar-refractivity contribution is 5.93. The van der Waals surface area contributed by atoms with Gasteiger partial charge in [-0.25, -0.2) is 0 Å². The van der Waals surface area contributed by atoms with Crippen LogP contribution in [0.25, 0.3) is 11.1 Å². The Labute approximate surface area is 283 Å². The van der Waals surface area contributed by atoms with Crippen molar-refractivity contribution in [2.75, 3.05) is 13.1 Å². The first-order chi connectivity index (χ1) is 23.1. The molecule has 11 heteroatoms. The van der Waals surface area contributed by atoms with E-state index in [1.54, 1.807) is 0 Å². The molecule has 0 aliphatic rings. The maximum absolute atomic E-state index is 13.8. The fraction of sp³-hybridized carbons (Fsp3) is 0.378. The third kappa shape index (κ3) is 13.8. The molecule has 256 valence electrons. The van der Waals surface area contributed by atoms with Gasteiger partial charge in [0, 0.05) is 31.8 Å². The van der Waals surface area contributed by atoms with Crippen molar-refractivity contribution in [3.05, 3.63) is 96.1 Å². The van der Waals surface area contributed by atoms with Gasteiger partial charge in [0.2, 0.25) is 5.91 Å². The van der Waals surface area contributed by atoms with Crippen LogP contribution in [0.2, 0.25) is 0 Å². The van der Waals surface area contributed by atoms with E-state index in [9.17, 15) is 14.4 Å². The van der Waals surface area contributed by atoms with Crippen molar-refractivity contribution in [2.45, 2.75) is 69.9 Å². The molecule has 48 heavy (non-hydrogen) atoms. The number of aliphatic imine (C=N–C) groups is 2. The molecule has 3 aromatic rings. The van der Waals surface area contributed by atoms with Crippen LogP contribution in [-0.2, 0) is 27.2 Å². The molecule has 1 amide bonds. The zero-order valence-corrected chi connectivity index (χ0v) is 27.6. The Bertz CT molecular complexity index is 1490. The summed E-state index contributed by atoms with van der Waals surface area (Å²) in [6, 6.07) is 26.0. The van der Waals surface area contributed by atoms with Crippen molar-refractivity contribution >= 4 is 29.4 Å². The number of guanidine groups is 2. The molecule has 11 N–H and O–H groups in total. The highest BCUT2D eigenvalue weighted by Crippen LogP contribution is 2.21. The summed E-state index contributed by atoms with van der Waals surface area (Å²) in [4.78, 5) is 48.6. The van der Waals surface area contributed by atoms with Gasteiger partial charge in [0.1, 0.15) is 0 Å². The van der Waals surface area contributed by atoms with Gasteiger partial charge >= 0.3 is 0 Å². The Morgan fingerprint density at radius 2 is 1.19 bits per heavy atom. The van der Waals surface area contributed by atoms with Gasteiger partial charge in [0.15, 0.2) is 23.5 Å². The minimum atomic E-state index is -0.790. The fourth-order valence-electron chi connectivity index (χ4n) is 5.45. The topological polar surface area (TPSA) is 218 Å². The maximum atomic E-state index is 13.8. The monoisotopic (exact) mass is 654 g/mol. The van der Waals surface area contributed by atoms with Crippen LogP contribution >= 0.6 is 0 Å². The maximum Gasteiger partial charge on any atom is 0.224 e. The first-order valence-corrected chi connectivity index (χ1v) is 16.5. The van der Waals surface area contributed by atoms with Gasteiger partial charge in [-0.05, 0) is 60.8 Å². The molecule has 3 rings (SSSR count). The predicted molar refractivity (Wildman–Crippen MR) is 193 cm³/mol. The van der Waals surface area contributed by atoms with Crippen molar-refractivity contribution < 1.29 is 14.4 Å². The Morgan fingerprint density at radius 1 is 0.625 bits per heavy atom. The lowest BCUT2D eigenvalue weighted by Gasteiger charge is -2.23. The molecule has 0 aromatic heterocycles. The van der Waals surface area contributed by atoms with Gasteiger partial charge in [-0.3, -0.25) is 24.4 Å². The van der Waals surface area contributed by atoms with Gasteiger partial charge < -0.3 is 34.0 Å². The summed E-state index contributed by atoms with van der Waals surface area (Å²) in [6.07, 6.45) is 3.90. The van der Waals surface area contributed by atoms with Crippen LogP contribution < -0.4 is 34.0 Å². The summed E-state index contributed by atoms with van der Waals surface area (Å²) >= 11 is 0. The summed E-state index contributed by atoms with van der Waals surface area (Å²) in [6.45, 7) is 0.809. The number of nitrogens with zero attached hydrogens (tertiary/aromatic N) is 2. The number of hydrogen-bond donors (Lipinski definition) is 6. The summed E-state index contributed by atoms with van der Waals surface area (Å²) in [5.41, 5.74) is 32.1. The zero-order chi connectivity index (χ0) is 34.7. The number of amides is 1. The fourth-order valence-corrected chi connectivity index (χ4v) is 5.45. The number of benzene rings is 3. The molecule has 0 aliphatic heterocycles. The molecule has 0 saturated heterocycles. The van der Waals surface area contributed by atoms with Crippen LogP contribution in [0.15, 0.2) is 94.9 Å². The number of Topliss-reactive ketones (excluding diaryl/α,β-unsaturated/α-hetero) is 2. The predicted octanol–water partition coefficient (Wildman–Crippen LogP) is 2.98. The number of carbonyl (C=O) groups is 3. The SMILES string of the molecule is NC(N)=NCCCCCC(=O)[C@H](Cc1ccccc1)NC(=O)[C@H](CCCN=C(N)N)CC(=O)[C@@H](N)Cc1ccc(-c2ccccc2)cc1. The second kappa shape index (κ2) is 20.3. The molecule has 0 unspecified atom stereocenters. The quantitative estimate of drug-likeness (QED) is 0.0568. The van der Waals surface area contributed by atoms with Crippen molar-refractivity contribution in [1.29, 1.82) is 0 Å².